The summed E-state index contributed by atoms with van der Waals surface area (Å²) in [5.41, 5.74) is 5.49. The van der Waals surface area contributed by atoms with Crippen molar-refractivity contribution < 1.29 is 4.74 Å². The highest BCUT2D eigenvalue weighted by Crippen LogP contribution is 2.36. The van der Waals surface area contributed by atoms with Gasteiger partial charge in [-0.05, 0) is 46.7 Å². The third-order valence-electron chi connectivity index (χ3n) is 4.25. The van der Waals surface area contributed by atoms with Crippen molar-refractivity contribution in [2.45, 2.75) is 38.6 Å². The molecule has 2 heteroatoms. The highest BCUT2D eigenvalue weighted by molar-refractivity contribution is 5.60. The van der Waals surface area contributed by atoms with Crippen LogP contribution in [0.25, 0.3) is 0 Å². The van der Waals surface area contributed by atoms with Crippen LogP contribution in [0.5, 0.6) is 5.75 Å². The number of hydrogen-bond acceptors (Lipinski definition) is 2. The minimum atomic E-state index is 0.206. The van der Waals surface area contributed by atoms with Gasteiger partial charge < -0.3 is 10.1 Å². The second kappa shape index (κ2) is 5.10. The van der Waals surface area contributed by atoms with Crippen LogP contribution in [0.15, 0.2) is 42.5 Å². The molecule has 0 radical (unpaired) electrons. The number of rotatable bonds is 2. The van der Waals surface area contributed by atoms with Crippen LogP contribution in [0.2, 0.25) is 0 Å². The van der Waals surface area contributed by atoms with Crippen LogP contribution in [0.1, 0.15) is 43.5 Å². The van der Waals surface area contributed by atoms with Crippen molar-refractivity contribution in [1.29, 1.82) is 0 Å². The molecule has 1 heterocycles. The van der Waals surface area contributed by atoms with Gasteiger partial charge in [0.1, 0.15) is 5.75 Å². The van der Waals surface area contributed by atoms with Crippen LogP contribution >= 0.6 is 0 Å². The summed E-state index contributed by atoms with van der Waals surface area (Å²) in [6.45, 7) is 6.74. The Labute approximate surface area is 127 Å². The van der Waals surface area contributed by atoms with E-state index in [2.05, 4.69) is 62.5 Å². The SMILES string of the molecule is COc1ccc2c(c1)CC(c1ccc(C(C)(C)C)cc1)N2. The molecular formula is C19H23NO. The van der Waals surface area contributed by atoms with Crippen LogP contribution in [0.3, 0.4) is 0 Å². The number of anilines is 1. The molecule has 0 fully saturated rings. The second-order valence-electron chi connectivity index (χ2n) is 6.80. The van der Waals surface area contributed by atoms with E-state index < -0.39 is 0 Å². The maximum Gasteiger partial charge on any atom is 0.119 e. The molecule has 0 saturated heterocycles. The fourth-order valence-electron chi connectivity index (χ4n) is 2.88. The van der Waals surface area contributed by atoms with Crippen molar-refractivity contribution in [3.8, 4) is 5.75 Å². The van der Waals surface area contributed by atoms with Crippen molar-refractivity contribution >= 4 is 5.69 Å². The van der Waals surface area contributed by atoms with E-state index in [9.17, 15) is 0 Å². The number of nitrogens with one attached hydrogen (secondary N) is 1. The third kappa shape index (κ3) is 2.76. The average Bonchev–Trinajstić information content (AvgIpc) is 2.89. The first-order valence-electron chi connectivity index (χ1n) is 7.51. The van der Waals surface area contributed by atoms with Crippen LogP contribution in [-0.4, -0.2) is 7.11 Å². The molecule has 1 aliphatic rings. The Balaban J connectivity index is 1.81. The average molecular weight is 281 g/mol. The molecule has 1 unspecified atom stereocenters. The summed E-state index contributed by atoms with van der Waals surface area (Å²) in [6, 6.07) is 15.6. The monoisotopic (exact) mass is 281 g/mol. The van der Waals surface area contributed by atoms with Gasteiger partial charge in [-0.1, -0.05) is 45.0 Å². The minimum Gasteiger partial charge on any atom is -0.497 e. The Kier molecular flexibility index (Phi) is 3.40. The van der Waals surface area contributed by atoms with E-state index in [0.717, 1.165) is 12.2 Å². The van der Waals surface area contributed by atoms with E-state index in [1.807, 2.05) is 6.07 Å². The van der Waals surface area contributed by atoms with Crippen LogP contribution in [0.4, 0.5) is 5.69 Å². The first-order chi connectivity index (χ1) is 9.97. The molecule has 2 aromatic carbocycles. The molecule has 1 atom stereocenters. The number of ether oxygens (including phenoxy) is 1. The quantitative estimate of drug-likeness (QED) is 0.861. The number of hydrogen-bond donors (Lipinski definition) is 1. The fraction of sp³-hybridized carbons (Fsp3) is 0.368. The van der Waals surface area contributed by atoms with Crippen molar-refractivity contribution in [2.24, 2.45) is 0 Å². The molecule has 0 spiro atoms. The largest absolute Gasteiger partial charge is 0.497 e. The third-order valence-corrected chi connectivity index (χ3v) is 4.25. The Hall–Kier alpha value is -1.96. The van der Waals surface area contributed by atoms with E-state index >= 15 is 0 Å². The maximum atomic E-state index is 5.31. The Bertz CT molecular complexity index is 638. The first kappa shape index (κ1) is 14.0. The van der Waals surface area contributed by atoms with Crippen LogP contribution < -0.4 is 10.1 Å². The van der Waals surface area contributed by atoms with E-state index in [1.54, 1.807) is 7.11 Å². The molecule has 21 heavy (non-hydrogen) atoms. The lowest BCUT2D eigenvalue weighted by atomic mass is 9.86. The molecule has 0 saturated carbocycles. The molecule has 3 rings (SSSR count). The lowest BCUT2D eigenvalue weighted by Gasteiger charge is -2.20. The first-order valence-corrected chi connectivity index (χ1v) is 7.51. The minimum absolute atomic E-state index is 0.206. The van der Waals surface area contributed by atoms with E-state index in [4.69, 9.17) is 4.74 Å². The standard InChI is InChI=1S/C19H23NO/c1-19(2,3)15-7-5-13(6-8-15)18-12-14-11-16(21-4)9-10-17(14)20-18/h5-11,18,20H,12H2,1-4H3. The van der Waals surface area contributed by atoms with Gasteiger partial charge in [0.2, 0.25) is 0 Å². The Morgan fingerprint density at radius 1 is 1.05 bits per heavy atom. The number of methoxy groups -OCH3 is 1. The zero-order chi connectivity index (χ0) is 15.0. The predicted octanol–water partition coefficient (Wildman–Crippen LogP) is 4.70. The molecule has 0 aliphatic carbocycles. The lowest BCUT2D eigenvalue weighted by molar-refractivity contribution is 0.414. The van der Waals surface area contributed by atoms with Gasteiger partial charge in [0, 0.05) is 5.69 Å². The van der Waals surface area contributed by atoms with Gasteiger partial charge in [0.25, 0.3) is 0 Å². The number of benzene rings is 2. The zero-order valence-corrected chi connectivity index (χ0v) is 13.2. The summed E-state index contributed by atoms with van der Waals surface area (Å²) in [7, 11) is 1.72. The smallest absolute Gasteiger partial charge is 0.119 e. The molecule has 1 aliphatic heterocycles. The van der Waals surface area contributed by atoms with Crippen molar-refractivity contribution in [3.05, 3.63) is 59.2 Å². The van der Waals surface area contributed by atoms with Gasteiger partial charge in [-0.25, -0.2) is 0 Å². The van der Waals surface area contributed by atoms with Gasteiger partial charge >= 0.3 is 0 Å². The summed E-state index contributed by atoms with van der Waals surface area (Å²) in [6.07, 6.45) is 1.02. The van der Waals surface area contributed by atoms with Gasteiger partial charge in [-0.2, -0.15) is 0 Å². The topological polar surface area (TPSA) is 21.3 Å². The molecule has 110 valence electrons. The van der Waals surface area contributed by atoms with E-state index in [1.165, 1.54) is 22.4 Å². The predicted molar refractivity (Wildman–Crippen MR) is 88.2 cm³/mol. The summed E-state index contributed by atoms with van der Waals surface area (Å²) in [5, 5.41) is 3.60. The zero-order valence-electron chi connectivity index (χ0n) is 13.2. The molecule has 0 amide bonds. The molecule has 0 aromatic heterocycles. The van der Waals surface area contributed by atoms with Gasteiger partial charge in [0.15, 0.2) is 0 Å². The van der Waals surface area contributed by atoms with Gasteiger partial charge in [0.05, 0.1) is 13.2 Å². The molecule has 2 nitrogen and oxygen atoms in total. The van der Waals surface area contributed by atoms with Gasteiger partial charge in [-0.15, -0.1) is 0 Å². The summed E-state index contributed by atoms with van der Waals surface area (Å²) in [5.74, 6) is 0.930. The van der Waals surface area contributed by atoms with E-state index in [-0.39, 0.29) is 5.41 Å². The number of fused-ring (bicyclic) bond motifs is 1. The molecule has 0 bridgehead atoms. The summed E-state index contributed by atoms with van der Waals surface area (Å²) in [4.78, 5) is 0. The van der Waals surface area contributed by atoms with Gasteiger partial charge in [-0.3, -0.25) is 0 Å². The second-order valence-corrected chi connectivity index (χ2v) is 6.80. The Morgan fingerprint density at radius 3 is 2.38 bits per heavy atom. The van der Waals surface area contributed by atoms with Crippen molar-refractivity contribution in [1.82, 2.24) is 0 Å². The van der Waals surface area contributed by atoms with Crippen LogP contribution in [-0.2, 0) is 11.8 Å². The lowest BCUT2D eigenvalue weighted by Crippen LogP contribution is -2.12. The fourth-order valence-corrected chi connectivity index (χ4v) is 2.88. The Morgan fingerprint density at radius 2 is 1.76 bits per heavy atom. The van der Waals surface area contributed by atoms with Crippen molar-refractivity contribution in [3.63, 3.8) is 0 Å². The maximum absolute atomic E-state index is 5.31. The van der Waals surface area contributed by atoms with Crippen molar-refractivity contribution in [2.75, 3.05) is 12.4 Å². The molecule has 1 N–H and O–H groups in total. The van der Waals surface area contributed by atoms with E-state index in [0.29, 0.717) is 6.04 Å². The summed E-state index contributed by atoms with van der Waals surface area (Å²) < 4.78 is 5.31. The highest BCUT2D eigenvalue weighted by atomic mass is 16.5. The molecule has 2 aromatic rings. The normalized spacial score (nSPS) is 17.2. The summed E-state index contributed by atoms with van der Waals surface area (Å²) >= 11 is 0. The molecular weight excluding hydrogens is 258 g/mol. The highest BCUT2D eigenvalue weighted by Gasteiger charge is 2.23. The van der Waals surface area contributed by atoms with Crippen LogP contribution in [0, 0.1) is 0 Å².